The predicted octanol–water partition coefficient (Wildman–Crippen LogP) is 2.35. The Morgan fingerprint density at radius 2 is 1.91 bits per heavy atom. The fraction of sp³-hybridized carbons (Fsp3) is 0.500. The molecule has 180 valence electrons. The summed E-state index contributed by atoms with van der Waals surface area (Å²) in [6.45, 7) is 0. The molecule has 2 aromatic rings. The molecule has 9 nitrogen and oxygen atoms in total. The summed E-state index contributed by atoms with van der Waals surface area (Å²) in [6.07, 6.45) is 4.80. The number of H-pyrrole nitrogens is 1. The largest absolute Gasteiger partial charge is 0.480 e. The number of carbonyl (C=O) groups excluding carboxylic acids is 3. The quantitative estimate of drug-likeness (QED) is 0.370. The van der Waals surface area contributed by atoms with Crippen LogP contribution in [0.4, 0.5) is 0 Å². The van der Waals surface area contributed by atoms with Gasteiger partial charge in [-0.3, -0.25) is 14.4 Å². The Morgan fingerprint density at radius 1 is 1.15 bits per heavy atom. The number of amides is 3. The molecule has 1 spiro atoms. The van der Waals surface area contributed by atoms with Crippen LogP contribution >= 0.6 is 11.6 Å². The Labute approximate surface area is 201 Å². The molecule has 1 aromatic carbocycles. The third-order valence-corrected chi connectivity index (χ3v) is 7.44. The molecule has 1 aliphatic heterocycles. The highest BCUT2D eigenvalue weighted by molar-refractivity contribution is 6.35. The van der Waals surface area contributed by atoms with Crippen LogP contribution in [0.5, 0.6) is 0 Å². The lowest BCUT2D eigenvalue weighted by Gasteiger charge is -2.22. The van der Waals surface area contributed by atoms with E-state index in [4.69, 9.17) is 11.6 Å². The minimum Gasteiger partial charge on any atom is -0.480 e. The molecule has 0 bridgehead atoms. The summed E-state index contributed by atoms with van der Waals surface area (Å²) in [5.74, 6) is -2.51. The van der Waals surface area contributed by atoms with Crippen molar-refractivity contribution in [3.05, 3.63) is 35.0 Å². The molecule has 3 aliphatic rings. The van der Waals surface area contributed by atoms with Crippen LogP contribution in [-0.2, 0) is 14.4 Å². The zero-order valence-electron chi connectivity index (χ0n) is 18.5. The first-order chi connectivity index (χ1) is 16.2. The molecule has 3 atom stereocenters. The van der Waals surface area contributed by atoms with Gasteiger partial charge in [-0.25, -0.2) is 4.79 Å². The van der Waals surface area contributed by atoms with E-state index in [-0.39, 0.29) is 23.6 Å². The second-order valence-corrected chi connectivity index (χ2v) is 10.3. The summed E-state index contributed by atoms with van der Waals surface area (Å²) < 4.78 is 0. The molecule has 2 saturated carbocycles. The van der Waals surface area contributed by atoms with Crippen molar-refractivity contribution in [1.82, 2.24) is 20.9 Å². The maximum absolute atomic E-state index is 13.1. The number of aromatic amines is 1. The normalized spacial score (nSPS) is 22.3. The number of fused-ring (bicyclic) bond motifs is 1. The zero-order valence-corrected chi connectivity index (χ0v) is 19.3. The van der Waals surface area contributed by atoms with Crippen LogP contribution in [0.1, 0.15) is 55.4 Å². The summed E-state index contributed by atoms with van der Waals surface area (Å²) in [5, 5.41) is 19.2. The van der Waals surface area contributed by atoms with Gasteiger partial charge < -0.3 is 26.0 Å². The van der Waals surface area contributed by atoms with Gasteiger partial charge in [-0.1, -0.05) is 36.6 Å². The third-order valence-electron chi connectivity index (χ3n) is 7.12. The van der Waals surface area contributed by atoms with Gasteiger partial charge in [0.2, 0.25) is 11.8 Å². The van der Waals surface area contributed by atoms with Crippen LogP contribution in [0.15, 0.2) is 24.3 Å². The molecular weight excluding hydrogens is 460 g/mol. The summed E-state index contributed by atoms with van der Waals surface area (Å²) in [7, 11) is 0. The molecule has 3 fully saturated rings. The van der Waals surface area contributed by atoms with Crippen LogP contribution in [0.25, 0.3) is 10.9 Å². The highest BCUT2D eigenvalue weighted by Gasteiger charge is 2.53. The van der Waals surface area contributed by atoms with Gasteiger partial charge in [0.1, 0.15) is 17.8 Å². The fourth-order valence-electron chi connectivity index (χ4n) is 4.82. The summed E-state index contributed by atoms with van der Waals surface area (Å²) in [6, 6.07) is 4.90. The van der Waals surface area contributed by atoms with Gasteiger partial charge in [0, 0.05) is 16.8 Å². The topological polar surface area (TPSA) is 140 Å². The molecule has 0 radical (unpaired) electrons. The van der Waals surface area contributed by atoms with Gasteiger partial charge in [-0.05, 0) is 50.2 Å². The van der Waals surface area contributed by atoms with Crippen LogP contribution in [-0.4, -0.2) is 51.4 Å². The number of carboxylic acids is 1. The molecule has 1 aromatic heterocycles. The standard InChI is InChI=1S/C24H27ClN4O5/c25-15-3-1-2-13-9-17(26-19(13)15)22(32)27-16(8-12-4-5-12)21(31)28-18(23(33)34)10-14-11-24(6-7-24)29-20(14)30/h1-3,9,12,14,16,18,26H,4-8,10-11H2,(H,27,32)(H,28,31)(H,29,30)(H,33,34)/t14?,16-,18-/m0/s1. The van der Waals surface area contributed by atoms with E-state index in [1.165, 1.54) is 0 Å². The fourth-order valence-corrected chi connectivity index (χ4v) is 5.05. The second kappa shape index (κ2) is 8.61. The first-order valence-electron chi connectivity index (χ1n) is 11.7. The number of hydrogen-bond acceptors (Lipinski definition) is 4. The Kier molecular flexibility index (Phi) is 5.75. The smallest absolute Gasteiger partial charge is 0.326 e. The zero-order chi connectivity index (χ0) is 24.0. The molecule has 2 heterocycles. The minimum absolute atomic E-state index is 0.0271. The Morgan fingerprint density at radius 3 is 2.53 bits per heavy atom. The molecule has 3 amide bonds. The van der Waals surface area contributed by atoms with Crippen molar-refractivity contribution >= 4 is 46.2 Å². The van der Waals surface area contributed by atoms with Crippen molar-refractivity contribution in [3.63, 3.8) is 0 Å². The van der Waals surface area contributed by atoms with Crippen molar-refractivity contribution in [3.8, 4) is 0 Å². The lowest BCUT2D eigenvalue weighted by atomic mass is 9.95. The number of nitrogens with one attached hydrogen (secondary N) is 4. The molecule has 10 heteroatoms. The van der Waals surface area contributed by atoms with E-state index in [0.717, 1.165) is 31.1 Å². The van der Waals surface area contributed by atoms with Gasteiger partial charge in [0.05, 0.1) is 10.5 Å². The first kappa shape index (κ1) is 22.7. The van der Waals surface area contributed by atoms with E-state index >= 15 is 0 Å². The van der Waals surface area contributed by atoms with Crippen LogP contribution in [0.3, 0.4) is 0 Å². The molecule has 5 N–H and O–H groups in total. The van der Waals surface area contributed by atoms with Crippen molar-refractivity contribution < 1.29 is 24.3 Å². The number of halogens is 1. The lowest BCUT2D eigenvalue weighted by Crippen LogP contribution is -2.52. The summed E-state index contributed by atoms with van der Waals surface area (Å²) >= 11 is 6.19. The Bertz CT molecular complexity index is 1170. The number of aromatic nitrogens is 1. The average molecular weight is 487 g/mol. The first-order valence-corrected chi connectivity index (χ1v) is 12.0. The highest BCUT2D eigenvalue weighted by Crippen LogP contribution is 2.46. The van der Waals surface area contributed by atoms with Gasteiger partial charge in [-0.2, -0.15) is 0 Å². The highest BCUT2D eigenvalue weighted by atomic mass is 35.5. The lowest BCUT2D eigenvalue weighted by molar-refractivity contribution is -0.142. The van der Waals surface area contributed by atoms with E-state index < -0.39 is 35.8 Å². The van der Waals surface area contributed by atoms with Gasteiger partial charge >= 0.3 is 5.97 Å². The molecule has 2 aliphatic carbocycles. The van der Waals surface area contributed by atoms with Crippen molar-refractivity contribution in [2.24, 2.45) is 11.8 Å². The maximum atomic E-state index is 13.1. The Hall–Kier alpha value is -3.07. The van der Waals surface area contributed by atoms with Gasteiger partial charge in [0.25, 0.3) is 5.91 Å². The number of rotatable bonds is 9. The number of para-hydroxylation sites is 1. The molecular formula is C24H27ClN4O5. The van der Waals surface area contributed by atoms with E-state index in [2.05, 4.69) is 20.9 Å². The number of carboxylic acid groups (broad SMARTS) is 1. The molecule has 5 rings (SSSR count). The monoisotopic (exact) mass is 486 g/mol. The summed E-state index contributed by atoms with van der Waals surface area (Å²) in [4.78, 5) is 53.2. The Balaban J connectivity index is 1.27. The minimum atomic E-state index is -1.21. The van der Waals surface area contributed by atoms with E-state index in [1.807, 2.05) is 6.07 Å². The van der Waals surface area contributed by atoms with E-state index in [9.17, 15) is 24.3 Å². The van der Waals surface area contributed by atoms with Crippen molar-refractivity contribution in [1.29, 1.82) is 0 Å². The number of carbonyl (C=O) groups is 4. The van der Waals surface area contributed by atoms with E-state index in [1.54, 1.807) is 18.2 Å². The van der Waals surface area contributed by atoms with Gasteiger partial charge in [0.15, 0.2) is 0 Å². The van der Waals surface area contributed by atoms with Crippen molar-refractivity contribution in [2.75, 3.05) is 0 Å². The summed E-state index contributed by atoms with van der Waals surface area (Å²) in [5.41, 5.74) is 0.732. The average Bonchev–Trinajstić information content (AvgIpc) is 3.68. The molecule has 1 unspecified atom stereocenters. The van der Waals surface area contributed by atoms with Crippen LogP contribution in [0, 0.1) is 11.8 Å². The van der Waals surface area contributed by atoms with Crippen LogP contribution in [0.2, 0.25) is 5.02 Å². The molecule has 34 heavy (non-hydrogen) atoms. The van der Waals surface area contributed by atoms with E-state index in [0.29, 0.717) is 29.3 Å². The number of benzene rings is 1. The molecule has 1 saturated heterocycles. The van der Waals surface area contributed by atoms with Gasteiger partial charge in [-0.15, -0.1) is 0 Å². The maximum Gasteiger partial charge on any atom is 0.326 e. The van der Waals surface area contributed by atoms with Crippen molar-refractivity contribution in [2.45, 2.75) is 62.6 Å². The van der Waals surface area contributed by atoms with Crippen LogP contribution < -0.4 is 16.0 Å². The number of hydrogen-bond donors (Lipinski definition) is 5. The predicted molar refractivity (Wildman–Crippen MR) is 124 cm³/mol. The second-order valence-electron chi connectivity index (χ2n) is 9.90. The SMILES string of the molecule is O=C(N[C@@H](CC1CC1)C(=O)N[C@@H](CC1CC2(CC2)NC1=O)C(=O)O)c1cc2cccc(Cl)c2[nH]1. The third kappa shape index (κ3) is 4.75. The number of aliphatic carboxylic acids is 1.